The van der Waals surface area contributed by atoms with Crippen molar-refractivity contribution in [2.45, 2.75) is 37.2 Å². The van der Waals surface area contributed by atoms with E-state index >= 15 is 0 Å². The van der Waals surface area contributed by atoms with Crippen LogP contribution in [0.3, 0.4) is 0 Å². The van der Waals surface area contributed by atoms with Crippen molar-refractivity contribution in [3.63, 3.8) is 0 Å². The zero-order chi connectivity index (χ0) is 22.9. The first-order valence-electron chi connectivity index (χ1n) is 10.8. The Balaban J connectivity index is 1.30. The summed E-state index contributed by atoms with van der Waals surface area (Å²) in [6, 6.07) is 9.44. The van der Waals surface area contributed by atoms with Gasteiger partial charge in [-0.1, -0.05) is 12.1 Å². The van der Waals surface area contributed by atoms with Gasteiger partial charge < -0.3 is 31.0 Å². The average Bonchev–Trinajstić information content (AvgIpc) is 3.48. The number of hydrogen-bond acceptors (Lipinski definition) is 8. The Morgan fingerprint density at radius 3 is 2.79 bits per heavy atom. The fourth-order valence-electron chi connectivity index (χ4n) is 5.44. The van der Waals surface area contributed by atoms with E-state index in [1.165, 1.54) is 6.33 Å². The maximum absolute atomic E-state index is 11.1. The second-order valence-electron chi connectivity index (χ2n) is 9.10. The van der Waals surface area contributed by atoms with E-state index < -0.39 is 17.6 Å². The van der Waals surface area contributed by atoms with E-state index in [2.05, 4.69) is 30.9 Å². The maximum Gasteiger partial charge on any atom is 0.145 e. The number of anilines is 2. The van der Waals surface area contributed by atoms with Gasteiger partial charge in [-0.3, -0.25) is 0 Å². The summed E-state index contributed by atoms with van der Waals surface area (Å²) in [7, 11) is 0. The zero-order valence-electron chi connectivity index (χ0n) is 17.6. The molecular weight excluding hydrogens is 488 g/mol. The molecule has 5 atom stereocenters. The standard InChI is InChI=1S/C23H23BrN6O3/c24-14-5-11-1-2-12(6-15(11)29-21(14)26)17-8-23(9-33-17)7-16(18(31)19(23)32)30-4-3-13-20(25)27-10-28-22(13)30/h1-6,10,16-19,31-32H,7-9H2,(H2,26,29)(H2,25,27,28)/t16-,17+,18+,19+,23-/m1/s1. The number of rotatable bonds is 2. The molecule has 6 rings (SSSR count). The molecule has 0 bridgehead atoms. The van der Waals surface area contributed by atoms with Crippen LogP contribution < -0.4 is 11.5 Å². The van der Waals surface area contributed by atoms with Crippen LogP contribution in [0.25, 0.3) is 21.9 Å². The first kappa shape index (κ1) is 20.8. The molecule has 2 fully saturated rings. The van der Waals surface area contributed by atoms with Crippen molar-refractivity contribution in [3.8, 4) is 0 Å². The molecule has 1 aromatic carbocycles. The minimum absolute atomic E-state index is 0.207. The molecule has 170 valence electrons. The molecule has 10 heteroatoms. The molecule has 1 aliphatic heterocycles. The van der Waals surface area contributed by atoms with Crippen LogP contribution in [0, 0.1) is 5.41 Å². The summed E-state index contributed by atoms with van der Waals surface area (Å²) < 4.78 is 8.83. The van der Waals surface area contributed by atoms with Crippen LogP contribution in [0.4, 0.5) is 11.6 Å². The van der Waals surface area contributed by atoms with Crippen molar-refractivity contribution in [1.82, 2.24) is 19.5 Å². The van der Waals surface area contributed by atoms with Gasteiger partial charge in [0.1, 0.15) is 29.7 Å². The first-order valence-corrected chi connectivity index (χ1v) is 11.6. The van der Waals surface area contributed by atoms with Gasteiger partial charge in [-0.05, 0) is 52.5 Å². The summed E-state index contributed by atoms with van der Waals surface area (Å²) in [5, 5.41) is 23.8. The van der Waals surface area contributed by atoms with Gasteiger partial charge in [0.05, 0.1) is 40.2 Å². The Hall–Kier alpha value is -2.79. The molecule has 1 aliphatic carbocycles. The number of aromatic nitrogens is 4. The molecule has 0 radical (unpaired) electrons. The van der Waals surface area contributed by atoms with Crippen LogP contribution in [-0.2, 0) is 4.74 Å². The lowest BCUT2D eigenvalue weighted by atomic mass is 9.80. The molecule has 0 unspecified atom stereocenters. The summed E-state index contributed by atoms with van der Waals surface area (Å²) in [6.07, 6.45) is 2.33. The van der Waals surface area contributed by atoms with Gasteiger partial charge in [0.2, 0.25) is 0 Å². The van der Waals surface area contributed by atoms with Gasteiger partial charge in [-0.2, -0.15) is 0 Å². The average molecular weight is 511 g/mol. The van der Waals surface area contributed by atoms with E-state index in [-0.39, 0.29) is 12.1 Å². The van der Waals surface area contributed by atoms with Crippen molar-refractivity contribution in [2.24, 2.45) is 5.41 Å². The van der Waals surface area contributed by atoms with E-state index in [1.54, 1.807) is 0 Å². The Morgan fingerprint density at radius 2 is 1.94 bits per heavy atom. The van der Waals surface area contributed by atoms with Crippen LogP contribution in [0.1, 0.15) is 30.6 Å². The van der Waals surface area contributed by atoms with Crippen LogP contribution in [-0.4, -0.2) is 48.5 Å². The third-order valence-electron chi connectivity index (χ3n) is 7.22. The number of nitrogens with zero attached hydrogens (tertiary/aromatic N) is 4. The highest BCUT2D eigenvalue weighted by Crippen LogP contribution is 2.55. The minimum atomic E-state index is -0.949. The molecule has 4 heterocycles. The van der Waals surface area contributed by atoms with Crippen molar-refractivity contribution >= 4 is 49.5 Å². The highest BCUT2D eigenvalue weighted by atomic mass is 79.9. The van der Waals surface area contributed by atoms with E-state index in [4.69, 9.17) is 16.2 Å². The van der Waals surface area contributed by atoms with Gasteiger partial charge in [0.15, 0.2) is 0 Å². The monoisotopic (exact) mass is 510 g/mol. The highest BCUT2D eigenvalue weighted by Gasteiger charge is 2.57. The summed E-state index contributed by atoms with van der Waals surface area (Å²) >= 11 is 3.41. The Bertz CT molecular complexity index is 1390. The molecule has 6 N–H and O–H groups in total. The van der Waals surface area contributed by atoms with Gasteiger partial charge in [0.25, 0.3) is 0 Å². The normalized spacial score (nSPS) is 29.5. The smallest absolute Gasteiger partial charge is 0.145 e. The summed E-state index contributed by atoms with van der Waals surface area (Å²) in [4.78, 5) is 12.9. The van der Waals surface area contributed by atoms with Gasteiger partial charge in [-0.15, -0.1) is 0 Å². The quantitative estimate of drug-likeness (QED) is 0.322. The molecule has 9 nitrogen and oxygen atoms in total. The zero-order valence-corrected chi connectivity index (χ0v) is 19.2. The fourth-order valence-corrected chi connectivity index (χ4v) is 5.78. The summed E-state index contributed by atoms with van der Waals surface area (Å²) in [6.45, 7) is 0.358. The maximum atomic E-state index is 11.1. The summed E-state index contributed by atoms with van der Waals surface area (Å²) in [5.41, 5.74) is 13.8. The third kappa shape index (κ3) is 3.12. The molecule has 2 aliphatic rings. The largest absolute Gasteiger partial charge is 0.390 e. The lowest BCUT2D eigenvalue weighted by Gasteiger charge is -2.26. The first-order chi connectivity index (χ1) is 15.9. The number of nitrogens with two attached hydrogens (primary N) is 2. The Kier molecular flexibility index (Phi) is 4.64. The highest BCUT2D eigenvalue weighted by molar-refractivity contribution is 9.10. The number of hydrogen-bond donors (Lipinski definition) is 4. The molecule has 33 heavy (non-hydrogen) atoms. The van der Waals surface area contributed by atoms with Crippen molar-refractivity contribution in [3.05, 3.63) is 52.9 Å². The van der Waals surface area contributed by atoms with Crippen LogP contribution in [0.5, 0.6) is 0 Å². The third-order valence-corrected chi connectivity index (χ3v) is 7.85. The van der Waals surface area contributed by atoms with E-state index in [0.29, 0.717) is 36.7 Å². The van der Waals surface area contributed by atoms with Crippen molar-refractivity contribution < 1.29 is 14.9 Å². The van der Waals surface area contributed by atoms with Gasteiger partial charge in [0, 0.05) is 17.0 Å². The van der Waals surface area contributed by atoms with Gasteiger partial charge >= 0.3 is 0 Å². The van der Waals surface area contributed by atoms with Crippen molar-refractivity contribution in [1.29, 1.82) is 0 Å². The number of pyridine rings is 1. The number of nitrogen functional groups attached to an aromatic ring is 2. The Labute approximate surface area is 197 Å². The Morgan fingerprint density at radius 1 is 1.09 bits per heavy atom. The summed E-state index contributed by atoms with van der Waals surface area (Å²) in [5.74, 6) is 0.826. The predicted molar refractivity (Wildman–Crippen MR) is 127 cm³/mol. The molecule has 0 amide bonds. The lowest BCUT2D eigenvalue weighted by Crippen LogP contribution is -2.37. The minimum Gasteiger partial charge on any atom is -0.390 e. The van der Waals surface area contributed by atoms with Gasteiger partial charge in [-0.25, -0.2) is 15.0 Å². The second-order valence-corrected chi connectivity index (χ2v) is 9.95. The number of aliphatic hydroxyl groups is 2. The SMILES string of the molecule is Nc1nc2cc([C@@H]3C[C@@]4(CO3)C[C@@H](n3ccc5c(N)ncnc53)[C@H](O)[C@@H]4O)ccc2cc1Br. The number of benzene rings is 1. The van der Waals surface area contributed by atoms with E-state index in [0.717, 1.165) is 26.3 Å². The molecule has 1 saturated carbocycles. The molecule has 3 aromatic heterocycles. The molecule has 1 saturated heterocycles. The lowest BCUT2D eigenvalue weighted by molar-refractivity contribution is -0.0309. The molecule has 1 spiro atoms. The number of halogens is 1. The second kappa shape index (κ2) is 7.36. The number of ether oxygens (including phenoxy) is 1. The van der Waals surface area contributed by atoms with E-state index in [9.17, 15) is 10.2 Å². The van der Waals surface area contributed by atoms with Crippen LogP contribution >= 0.6 is 15.9 Å². The topological polar surface area (TPSA) is 145 Å². The molecule has 4 aromatic rings. The van der Waals surface area contributed by atoms with E-state index in [1.807, 2.05) is 41.1 Å². The number of aliphatic hydroxyl groups excluding tert-OH is 2. The molecular formula is C23H23BrN6O3. The number of fused-ring (bicyclic) bond motifs is 2. The van der Waals surface area contributed by atoms with Crippen LogP contribution in [0.2, 0.25) is 0 Å². The van der Waals surface area contributed by atoms with Crippen LogP contribution in [0.15, 0.2) is 47.3 Å². The fraction of sp³-hybridized carbons (Fsp3) is 0.348. The predicted octanol–water partition coefficient (Wildman–Crippen LogP) is 2.72. The van der Waals surface area contributed by atoms with Crippen molar-refractivity contribution in [2.75, 3.05) is 18.1 Å².